The number of aliphatic imine (C=N–C) groups is 1. The average Bonchev–Trinajstić information content (AvgIpc) is 3.38. The summed E-state index contributed by atoms with van der Waals surface area (Å²) in [6, 6.07) is 6.97. The second-order valence-electron chi connectivity index (χ2n) is 7.21. The van der Waals surface area contributed by atoms with Gasteiger partial charge in [0.05, 0.1) is 0 Å². The van der Waals surface area contributed by atoms with E-state index in [9.17, 15) is 9.90 Å². The number of rotatable bonds is 7. The number of carbonyl (C=O) groups excluding carboxylic acids is 1. The van der Waals surface area contributed by atoms with Gasteiger partial charge in [-0.05, 0) is 38.0 Å². The van der Waals surface area contributed by atoms with E-state index >= 15 is 0 Å². The van der Waals surface area contributed by atoms with Gasteiger partial charge in [0.1, 0.15) is 5.75 Å². The van der Waals surface area contributed by atoms with E-state index in [1.165, 1.54) is 12.5 Å². The van der Waals surface area contributed by atoms with E-state index in [4.69, 9.17) is 4.99 Å². The number of guanidine groups is 1. The molecule has 28 heavy (non-hydrogen) atoms. The lowest BCUT2D eigenvalue weighted by Crippen LogP contribution is -2.43. The van der Waals surface area contributed by atoms with Crippen LogP contribution in [0.1, 0.15) is 30.1 Å². The van der Waals surface area contributed by atoms with Gasteiger partial charge in [-0.3, -0.25) is 14.7 Å². The number of hydrogen-bond acceptors (Lipinski definition) is 4. The Labute approximate surface area is 167 Å². The molecule has 7 heteroatoms. The van der Waals surface area contributed by atoms with E-state index < -0.39 is 0 Å². The van der Waals surface area contributed by atoms with Crippen LogP contribution >= 0.6 is 0 Å². The van der Waals surface area contributed by atoms with Gasteiger partial charge in [0.25, 0.3) is 5.91 Å². The molecule has 2 aliphatic rings. The second kappa shape index (κ2) is 10.1. The van der Waals surface area contributed by atoms with Crippen molar-refractivity contribution in [3.8, 4) is 5.75 Å². The molecule has 152 valence electrons. The number of aromatic hydroxyl groups is 1. The summed E-state index contributed by atoms with van der Waals surface area (Å²) in [4.78, 5) is 21.7. The van der Waals surface area contributed by atoms with Crippen LogP contribution in [0.4, 0.5) is 0 Å². The van der Waals surface area contributed by atoms with Gasteiger partial charge in [-0.15, -0.1) is 0 Å². The Hall–Kier alpha value is -2.54. The highest BCUT2D eigenvalue weighted by Gasteiger charge is 2.29. The van der Waals surface area contributed by atoms with Gasteiger partial charge in [-0.1, -0.05) is 18.2 Å². The third kappa shape index (κ3) is 5.48. The lowest BCUT2D eigenvalue weighted by atomic mass is 10.2. The molecule has 2 aliphatic heterocycles. The Morgan fingerprint density at radius 3 is 2.86 bits per heavy atom. The molecule has 1 fully saturated rings. The number of amides is 1. The normalized spacial score (nSPS) is 20.0. The van der Waals surface area contributed by atoms with Crippen molar-refractivity contribution >= 4 is 11.9 Å². The van der Waals surface area contributed by atoms with Gasteiger partial charge in [0.15, 0.2) is 5.96 Å². The molecule has 7 nitrogen and oxygen atoms in total. The van der Waals surface area contributed by atoms with E-state index in [2.05, 4.69) is 39.5 Å². The van der Waals surface area contributed by atoms with E-state index in [-0.39, 0.29) is 11.7 Å². The quantitative estimate of drug-likeness (QED) is 0.286. The fourth-order valence-electron chi connectivity index (χ4n) is 3.67. The van der Waals surface area contributed by atoms with Gasteiger partial charge in [0, 0.05) is 57.4 Å². The summed E-state index contributed by atoms with van der Waals surface area (Å²) in [5.74, 6) is 0.894. The number of carbonyl (C=O) groups is 1. The van der Waals surface area contributed by atoms with Crippen molar-refractivity contribution in [1.29, 1.82) is 0 Å². The largest absolute Gasteiger partial charge is 0.508 e. The Kier molecular flexibility index (Phi) is 7.31. The first-order valence-electron chi connectivity index (χ1n) is 10.2. The standard InChI is InChI=1S/C21H31N5O2/c1-2-22-21(26-14-9-18(16-26)25-12-3-4-13-25)24-11-6-10-23-20(28)17-7-5-8-19(27)15-17/h3-5,7-8,15,18,27H,2,6,9-14,16H2,1H3,(H,22,24)(H,23,28). The number of phenolic OH excluding ortho intramolecular Hbond substituents is 1. The molecule has 2 heterocycles. The summed E-state index contributed by atoms with van der Waals surface area (Å²) < 4.78 is 0. The van der Waals surface area contributed by atoms with E-state index in [1.807, 2.05) is 0 Å². The van der Waals surface area contributed by atoms with Gasteiger partial charge in [-0.2, -0.15) is 0 Å². The number of likely N-dealkylation sites (tertiary alicyclic amines) is 1. The molecule has 0 spiro atoms. The molecular weight excluding hydrogens is 354 g/mol. The lowest BCUT2D eigenvalue weighted by Gasteiger charge is -2.25. The number of hydrogen-bond donors (Lipinski definition) is 3. The second-order valence-corrected chi connectivity index (χ2v) is 7.21. The molecule has 0 radical (unpaired) electrons. The first-order valence-corrected chi connectivity index (χ1v) is 10.2. The zero-order chi connectivity index (χ0) is 19.8. The minimum atomic E-state index is -0.173. The molecule has 0 aliphatic carbocycles. The van der Waals surface area contributed by atoms with Crippen LogP contribution < -0.4 is 10.6 Å². The van der Waals surface area contributed by atoms with Gasteiger partial charge < -0.3 is 20.6 Å². The highest BCUT2D eigenvalue weighted by atomic mass is 16.3. The highest BCUT2D eigenvalue weighted by molar-refractivity contribution is 5.94. The minimum Gasteiger partial charge on any atom is -0.508 e. The number of phenols is 1. The smallest absolute Gasteiger partial charge is 0.251 e. The minimum absolute atomic E-state index is 0.0983. The van der Waals surface area contributed by atoms with Crippen molar-refractivity contribution in [2.24, 2.45) is 4.99 Å². The Balaban J connectivity index is 1.42. The van der Waals surface area contributed by atoms with Crippen LogP contribution in [-0.4, -0.2) is 78.6 Å². The summed E-state index contributed by atoms with van der Waals surface area (Å²) in [6.07, 6.45) is 6.43. The lowest BCUT2D eigenvalue weighted by molar-refractivity contribution is 0.0953. The predicted molar refractivity (Wildman–Crippen MR) is 112 cm³/mol. The summed E-state index contributed by atoms with van der Waals surface area (Å²) in [5.41, 5.74) is 0.469. The fraction of sp³-hybridized carbons (Fsp3) is 0.524. The van der Waals surface area contributed by atoms with Crippen molar-refractivity contribution in [3.05, 3.63) is 42.0 Å². The molecule has 0 saturated carbocycles. The van der Waals surface area contributed by atoms with Gasteiger partial charge in [-0.25, -0.2) is 0 Å². The molecule has 1 unspecified atom stereocenters. The van der Waals surface area contributed by atoms with Crippen molar-refractivity contribution in [3.63, 3.8) is 0 Å². The molecule has 1 aromatic carbocycles. The van der Waals surface area contributed by atoms with Gasteiger partial charge in [0.2, 0.25) is 0 Å². The number of nitrogens with one attached hydrogen (secondary N) is 2. The Bertz CT molecular complexity index is 711. The first kappa shape index (κ1) is 20.2. The summed E-state index contributed by atoms with van der Waals surface area (Å²) >= 11 is 0. The summed E-state index contributed by atoms with van der Waals surface area (Å²) in [5, 5.41) is 15.7. The molecule has 3 N–H and O–H groups in total. The fourth-order valence-corrected chi connectivity index (χ4v) is 3.67. The molecule has 0 aromatic heterocycles. The van der Waals surface area contributed by atoms with E-state index in [0.29, 0.717) is 24.7 Å². The Morgan fingerprint density at radius 1 is 1.29 bits per heavy atom. The third-order valence-corrected chi connectivity index (χ3v) is 5.15. The van der Waals surface area contributed by atoms with Crippen LogP contribution in [0.25, 0.3) is 0 Å². The maximum atomic E-state index is 12.1. The van der Waals surface area contributed by atoms with Crippen molar-refractivity contribution in [2.45, 2.75) is 25.8 Å². The van der Waals surface area contributed by atoms with Crippen molar-refractivity contribution in [1.82, 2.24) is 20.4 Å². The highest BCUT2D eigenvalue weighted by Crippen LogP contribution is 2.18. The van der Waals surface area contributed by atoms with Crippen LogP contribution in [-0.2, 0) is 0 Å². The molecule has 3 rings (SSSR count). The van der Waals surface area contributed by atoms with Crippen LogP contribution in [0.15, 0.2) is 41.4 Å². The van der Waals surface area contributed by atoms with Crippen LogP contribution in [0.5, 0.6) is 5.75 Å². The zero-order valence-electron chi connectivity index (χ0n) is 16.6. The topological polar surface area (TPSA) is 80.2 Å². The molecule has 1 amide bonds. The van der Waals surface area contributed by atoms with Crippen molar-refractivity contribution < 1.29 is 9.90 Å². The van der Waals surface area contributed by atoms with E-state index in [1.54, 1.807) is 18.2 Å². The SMILES string of the molecule is CCNC(=NCCCNC(=O)c1cccc(O)c1)N1CCC(N2CC=CC2)C1. The maximum Gasteiger partial charge on any atom is 0.251 e. The molecular formula is C21H31N5O2. The third-order valence-electron chi connectivity index (χ3n) is 5.15. The number of nitrogens with zero attached hydrogens (tertiary/aromatic N) is 3. The summed E-state index contributed by atoms with van der Waals surface area (Å²) in [6.45, 7) is 8.32. The zero-order valence-corrected chi connectivity index (χ0v) is 16.6. The molecule has 1 atom stereocenters. The average molecular weight is 386 g/mol. The molecule has 0 bridgehead atoms. The maximum absolute atomic E-state index is 12.1. The predicted octanol–water partition coefficient (Wildman–Crippen LogP) is 1.42. The van der Waals surface area contributed by atoms with Crippen LogP contribution in [0, 0.1) is 0 Å². The van der Waals surface area contributed by atoms with Crippen LogP contribution in [0.2, 0.25) is 0 Å². The summed E-state index contributed by atoms with van der Waals surface area (Å²) in [7, 11) is 0. The van der Waals surface area contributed by atoms with E-state index in [0.717, 1.165) is 45.1 Å². The molecule has 1 aromatic rings. The first-order chi connectivity index (χ1) is 13.7. The monoisotopic (exact) mass is 385 g/mol. The van der Waals surface area contributed by atoms with Crippen LogP contribution in [0.3, 0.4) is 0 Å². The van der Waals surface area contributed by atoms with Crippen molar-refractivity contribution in [2.75, 3.05) is 45.8 Å². The van der Waals surface area contributed by atoms with Gasteiger partial charge >= 0.3 is 0 Å². The number of benzene rings is 1. The Morgan fingerprint density at radius 2 is 2.11 bits per heavy atom. The molecule has 1 saturated heterocycles.